The normalized spacial score (nSPS) is 16.4. The van der Waals surface area contributed by atoms with Gasteiger partial charge in [0.05, 0.1) is 23.8 Å². The highest BCUT2D eigenvalue weighted by Crippen LogP contribution is 2.37. The van der Waals surface area contributed by atoms with Crippen molar-refractivity contribution in [2.75, 3.05) is 17.5 Å². The maximum Gasteiger partial charge on any atom is 0.265 e. The molecule has 0 unspecified atom stereocenters. The molecule has 0 saturated heterocycles. The van der Waals surface area contributed by atoms with Gasteiger partial charge in [0.2, 0.25) is 5.91 Å². The quantitative estimate of drug-likeness (QED) is 0.764. The Labute approximate surface area is 165 Å². The molecule has 0 aliphatic carbocycles. The van der Waals surface area contributed by atoms with Crippen molar-refractivity contribution < 1.29 is 22.7 Å². The van der Waals surface area contributed by atoms with Crippen LogP contribution in [0.2, 0.25) is 0 Å². The SMILES string of the molecule is CCOc1ccc(S(=O)(=O)N2c3ccccc3CC[C@H]2C(N)=O)cc1OCC. The molecule has 1 heterocycles. The number of nitrogens with two attached hydrogens (primary N) is 1. The van der Waals surface area contributed by atoms with E-state index in [0.717, 1.165) is 9.87 Å². The van der Waals surface area contributed by atoms with Crippen molar-refractivity contribution in [3.05, 3.63) is 48.0 Å². The lowest BCUT2D eigenvalue weighted by Crippen LogP contribution is -2.50. The standard InChI is InChI=1S/C20H24N2O5S/c1-3-26-18-12-10-15(13-19(18)27-4-2)28(24,25)22-16-8-6-5-7-14(16)9-11-17(22)20(21)23/h5-8,10,12-13,17H,3-4,9,11H2,1-2H3,(H2,21,23)/t17-/m0/s1. The number of carbonyl (C=O) groups is 1. The van der Waals surface area contributed by atoms with Gasteiger partial charge in [-0.1, -0.05) is 18.2 Å². The van der Waals surface area contributed by atoms with E-state index in [-0.39, 0.29) is 4.90 Å². The van der Waals surface area contributed by atoms with Crippen LogP contribution in [0.25, 0.3) is 0 Å². The number of benzene rings is 2. The van der Waals surface area contributed by atoms with Gasteiger partial charge >= 0.3 is 0 Å². The van der Waals surface area contributed by atoms with Crippen LogP contribution in [0, 0.1) is 0 Å². The van der Waals surface area contributed by atoms with Crippen LogP contribution < -0.4 is 19.5 Å². The van der Waals surface area contributed by atoms with Crippen molar-refractivity contribution in [3.8, 4) is 11.5 Å². The summed E-state index contributed by atoms with van der Waals surface area (Å²) in [6.07, 6.45) is 0.921. The Morgan fingerprint density at radius 2 is 1.79 bits per heavy atom. The molecular weight excluding hydrogens is 380 g/mol. The minimum atomic E-state index is -4.05. The van der Waals surface area contributed by atoms with Gasteiger partial charge in [-0.2, -0.15) is 0 Å². The molecule has 1 amide bonds. The summed E-state index contributed by atoms with van der Waals surface area (Å²) in [6.45, 7) is 4.43. The predicted molar refractivity (Wildman–Crippen MR) is 106 cm³/mol. The minimum absolute atomic E-state index is 0.0161. The zero-order valence-corrected chi connectivity index (χ0v) is 16.7. The highest BCUT2D eigenvalue weighted by molar-refractivity contribution is 7.93. The summed E-state index contributed by atoms with van der Waals surface area (Å²) in [4.78, 5) is 12.0. The maximum absolute atomic E-state index is 13.5. The van der Waals surface area contributed by atoms with Crippen molar-refractivity contribution in [1.82, 2.24) is 0 Å². The number of hydrogen-bond acceptors (Lipinski definition) is 5. The molecule has 150 valence electrons. The Kier molecular flexibility index (Phi) is 5.79. The summed E-state index contributed by atoms with van der Waals surface area (Å²) in [5, 5.41) is 0. The summed E-state index contributed by atoms with van der Waals surface area (Å²) in [5.74, 6) is 0.134. The van der Waals surface area contributed by atoms with Gasteiger partial charge in [0.15, 0.2) is 11.5 Å². The third-order valence-electron chi connectivity index (χ3n) is 4.60. The number of sulfonamides is 1. The molecule has 0 fully saturated rings. The number of hydrogen-bond donors (Lipinski definition) is 1. The number of para-hydroxylation sites is 1. The van der Waals surface area contributed by atoms with Crippen molar-refractivity contribution in [2.45, 2.75) is 37.6 Å². The van der Waals surface area contributed by atoms with E-state index in [9.17, 15) is 13.2 Å². The van der Waals surface area contributed by atoms with E-state index in [1.807, 2.05) is 19.1 Å². The number of aryl methyl sites for hydroxylation is 1. The van der Waals surface area contributed by atoms with E-state index in [0.29, 0.717) is 43.2 Å². The van der Waals surface area contributed by atoms with Crippen LogP contribution in [-0.4, -0.2) is 33.6 Å². The molecule has 0 spiro atoms. The maximum atomic E-state index is 13.5. The van der Waals surface area contributed by atoms with E-state index < -0.39 is 22.0 Å². The van der Waals surface area contributed by atoms with Crippen molar-refractivity contribution in [3.63, 3.8) is 0 Å². The predicted octanol–water partition coefficient (Wildman–Crippen LogP) is 2.48. The summed E-state index contributed by atoms with van der Waals surface area (Å²) in [7, 11) is -4.05. The molecule has 1 atom stereocenters. The fourth-order valence-electron chi connectivity index (χ4n) is 3.37. The van der Waals surface area contributed by atoms with E-state index in [2.05, 4.69) is 0 Å². The van der Waals surface area contributed by atoms with Crippen LogP contribution in [0.5, 0.6) is 11.5 Å². The van der Waals surface area contributed by atoms with E-state index in [1.165, 1.54) is 12.1 Å². The van der Waals surface area contributed by atoms with Crippen LogP contribution in [0.15, 0.2) is 47.4 Å². The van der Waals surface area contributed by atoms with Crippen LogP contribution >= 0.6 is 0 Å². The Hall–Kier alpha value is -2.74. The van der Waals surface area contributed by atoms with Crippen molar-refractivity contribution in [2.24, 2.45) is 5.73 Å². The van der Waals surface area contributed by atoms with Gasteiger partial charge < -0.3 is 15.2 Å². The summed E-state index contributed by atoms with van der Waals surface area (Å²) in [6, 6.07) is 10.7. The first-order chi connectivity index (χ1) is 13.4. The molecule has 1 aliphatic heterocycles. The van der Waals surface area contributed by atoms with E-state index >= 15 is 0 Å². The molecule has 7 nitrogen and oxygen atoms in total. The molecule has 0 aromatic heterocycles. The van der Waals surface area contributed by atoms with Gasteiger partial charge in [-0.05, 0) is 50.5 Å². The molecule has 3 rings (SSSR count). The van der Waals surface area contributed by atoms with Gasteiger partial charge in [-0.15, -0.1) is 0 Å². The lowest BCUT2D eigenvalue weighted by Gasteiger charge is -2.36. The number of carbonyl (C=O) groups excluding carboxylic acids is 1. The molecule has 2 aromatic rings. The topological polar surface area (TPSA) is 98.9 Å². The highest BCUT2D eigenvalue weighted by atomic mass is 32.2. The fourth-order valence-corrected chi connectivity index (χ4v) is 5.08. The third-order valence-corrected chi connectivity index (χ3v) is 6.42. The van der Waals surface area contributed by atoms with Crippen LogP contribution in [0.1, 0.15) is 25.8 Å². The lowest BCUT2D eigenvalue weighted by molar-refractivity contribution is -0.119. The number of primary amides is 1. The Morgan fingerprint density at radius 1 is 1.11 bits per heavy atom. The molecule has 0 saturated carbocycles. The average molecular weight is 404 g/mol. The highest BCUT2D eigenvalue weighted by Gasteiger charge is 2.39. The smallest absolute Gasteiger partial charge is 0.265 e. The van der Waals surface area contributed by atoms with E-state index in [4.69, 9.17) is 15.2 Å². The monoisotopic (exact) mass is 404 g/mol. The van der Waals surface area contributed by atoms with Crippen molar-refractivity contribution >= 4 is 21.6 Å². The average Bonchev–Trinajstić information content (AvgIpc) is 2.68. The molecule has 2 aromatic carbocycles. The van der Waals surface area contributed by atoms with Gasteiger partial charge in [0, 0.05) is 6.07 Å². The second-order valence-corrected chi connectivity index (χ2v) is 8.18. The molecule has 28 heavy (non-hydrogen) atoms. The van der Waals surface area contributed by atoms with Gasteiger partial charge in [-0.3, -0.25) is 9.10 Å². The second-order valence-electron chi connectivity index (χ2n) is 6.36. The molecule has 8 heteroatoms. The Bertz CT molecular complexity index is 974. The minimum Gasteiger partial charge on any atom is -0.490 e. The van der Waals surface area contributed by atoms with Gasteiger partial charge in [-0.25, -0.2) is 8.42 Å². The van der Waals surface area contributed by atoms with Crippen molar-refractivity contribution in [1.29, 1.82) is 0 Å². The number of fused-ring (bicyclic) bond motifs is 1. The molecule has 2 N–H and O–H groups in total. The summed E-state index contributed by atoms with van der Waals surface area (Å²) in [5.41, 5.74) is 6.88. The first-order valence-electron chi connectivity index (χ1n) is 9.21. The third kappa shape index (κ3) is 3.64. The zero-order valence-electron chi connectivity index (χ0n) is 15.9. The Morgan fingerprint density at radius 3 is 2.46 bits per heavy atom. The number of rotatable bonds is 7. The number of nitrogens with zero attached hydrogens (tertiary/aromatic N) is 1. The first kappa shape index (κ1) is 20.0. The lowest BCUT2D eigenvalue weighted by atomic mass is 9.98. The van der Waals surface area contributed by atoms with E-state index in [1.54, 1.807) is 25.1 Å². The fraction of sp³-hybridized carbons (Fsp3) is 0.350. The molecule has 1 aliphatic rings. The number of amides is 1. The molecule has 0 radical (unpaired) electrons. The Balaban J connectivity index is 2.12. The van der Waals surface area contributed by atoms with Crippen LogP contribution in [0.3, 0.4) is 0 Å². The number of anilines is 1. The number of ether oxygens (including phenoxy) is 2. The summed E-state index contributed by atoms with van der Waals surface area (Å²) < 4.78 is 39.2. The summed E-state index contributed by atoms with van der Waals surface area (Å²) >= 11 is 0. The zero-order chi connectivity index (χ0) is 20.3. The van der Waals surface area contributed by atoms with Gasteiger partial charge in [0.25, 0.3) is 10.0 Å². The molecular formula is C20H24N2O5S. The second kappa shape index (κ2) is 8.10. The van der Waals surface area contributed by atoms with Gasteiger partial charge in [0.1, 0.15) is 6.04 Å². The molecule has 0 bridgehead atoms. The van der Waals surface area contributed by atoms with Crippen LogP contribution in [-0.2, 0) is 21.2 Å². The van der Waals surface area contributed by atoms with Crippen LogP contribution in [0.4, 0.5) is 5.69 Å². The largest absolute Gasteiger partial charge is 0.490 e. The first-order valence-corrected chi connectivity index (χ1v) is 10.7.